The first-order chi connectivity index (χ1) is 15.3. The van der Waals surface area contributed by atoms with Crippen LogP contribution in [0.1, 0.15) is 28.8 Å². The number of fused-ring (bicyclic) bond motifs is 4. The van der Waals surface area contributed by atoms with E-state index in [0.717, 1.165) is 35.7 Å². The van der Waals surface area contributed by atoms with Gasteiger partial charge in [-0.25, -0.2) is 22.9 Å². The Hall–Kier alpha value is -3.11. The number of aromatic nitrogens is 2. The van der Waals surface area contributed by atoms with Crippen molar-refractivity contribution in [3.05, 3.63) is 63.2 Å². The van der Waals surface area contributed by atoms with Gasteiger partial charge in [-0.15, -0.1) is 12.4 Å². The number of carboxylic acids is 1. The lowest BCUT2D eigenvalue weighted by Gasteiger charge is -2.46. The second-order valence-corrected chi connectivity index (χ2v) is 8.20. The van der Waals surface area contributed by atoms with Crippen molar-refractivity contribution in [3.8, 4) is 5.69 Å². The molecule has 3 aliphatic rings. The minimum absolute atomic E-state index is 0. The lowest BCUT2D eigenvalue weighted by Crippen LogP contribution is -2.61. The Morgan fingerprint density at radius 1 is 1.24 bits per heavy atom. The number of nitrogens with one attached hydrogen (secondary N) is 1. The monoisotopic (exact) mass is 480 g/mol. The zero-order chi connectivity index (χ0) is 22.7. The van der Waals surface area contributed by atoms with Gasteiger partial charge < -0.3 is 15.3 Å². The van der Waals surface area contributed by atoms with Gasteiger partial charge in [0, 0.05) is 43.0 Å². The van der Waals surface area contributed by atoms with E-state index in [1.54, 1.807) is 0 Å². The van der Waals surface area contributed by atoms with E-state index in [4.69, 9.17) is 0 Å². The van der Waals surface area contributed by atoms with E-state index in [1.165, 1.54) is 6.92 Å². The molecule has 0 radical (unpaired) electrons. The van der Waals surface area contributed by atoms with Gasteiger partial charge in [0.05, 0.1) is 11.1 Å². The minimum atomic E-state index is -1.54. The van der Waals surface area contributed by atoms with E-state index in [9.17, 15) is 23.5 Å². The van der Waals surface area contributed by atoms with Gasteiger partial charge in [0.2, 0.25) is 5.43 Å². The maximum absolute atomic E-state index is 15.5. The summed E-state index contributed by atoms with van der Waals surface area (Å²) in [5.74, 6) is -4.02. The maximum Gasteiger partial charge on any atom is 0.341 e. The van der Waals surface area contributed by atoms with Crippen LogP contribution >= 0.6 is 12.4 Å². The third-order valence-electron chi connectivity index (χ3n) is 6.31. The van der Waals surface area contributed by atoms with Crippen LogP contribution in [0.5, 0.6) is 0 Å². The molecule has 2 aromatic heterocycles. The van der Waals surface area contributed by atoms with E-state index in [1.807, 2.05) is 4.90 Å². The molecule has 0 saturated carbocycles. The quantitative estimate of drug-likeness (QED) is 0.599. The molecule has 6 rings (SSSR count). The number of carbonyl (C=O) groups is 1. The Balaban J connectivity index is 0.00000259. The number of nitrogens with zero attached hydrogens (tertiary/aromatic N) is 3. The average Bonchev–Trinajstić information content (AvgIpc) is 2.77. The molecule has 2 bridgehead atoms. The third-order valence-corrected chi connectivity index (χ3v) is 6.31. The molecule has 2 atom stereocenters. The van der Waals surface area contributed by atoms with Crippen LogP contribution in [0.2, 0.25) is 0 Å². The topological polar surface area (TPSA) is 87.5 Å². The van der Waals surface area contributed by atoms with Crippen molar-refractivity contribution in [1.29, 1.82) is 0 Å². The fraction of sp³-hybridized carbons (Fsp3) is 0.318. The number of aryl methyl sites for hydroxylation is 1. The first-order valence-electron chi connectivity index (χ1n) is 10.2. The SMILES string of the molecule is Cc1c(F)c(N2CC3CCC2CN3)nc2c1c(=O)c(C(=O)O)cn2-c1ccc(F)cc1F.Cl. The van der Waals surface area contributed by atoms with Crippen LogP contribution in [0.15, 0.2) is 29.2 Å². The number of piperidine rings is 2. The molecule has 2 N–H and O–H groups in total. The predicted molar refractivity (Wildman–Crippen MR) is 118 cm³/mol. The molecule has 3 saturated heterocycles. The molecule has 3 fully saturated rings. The number of piperazine rings is 1. The zero-order valence-corrected chi connectivity index (χ0v) is 18.3. The molecule has 1 aromatic carbocycles. The Labute approximate surface area is 192 Å². The van der Waals surface area contributed by atoms with Crippen molar-refractivity contribution in [2.75, 3.05) is 18.0 Å². The fourth-order valence-electron chi connectivity index (χ4n) is 4.65. The summed E-state index contributed by atoms with van der Waals surface area (Å²) in [7, 11) is 0. The number of aromatic carboxylic acids is 1. The van der Waals surface area contributed by atoms with Crippen molar-refractivity contribution in [3.63, 3.8) is 0 Å². The van der Waals surface area contributed by atoms with Crippen molar-refractivity contribution in [2.45, 2.75) is 31.8 Å². The van der Waals surface area contributed by atoms with Crippen LogP contribution in [-0.4, -0.2) is 45.8 Å². The molecular formula is C22H20ClF3N4O3. The molecule has 0 amide bonds. The van der Waals surface area contributed by atoms with E-state index >= 15 is 4.39 Å². The predicted octanol–water partition coefficient (Wildman–Crippen LogP) is 3.17. The summed E-state index contributed by atoms with van der Waals surface area (Å²) in [6.45, 7) is 2.57. The van der Waals surface area contributed by atoms with Crippen LogP contribution < -0.4 is 15.6 Å². The van der Waals surface area contributed by atoms with Gasteiger partial charge in [-0.3, -0.25) is 9.36 Å². The molecule has 3 aromatic rings. The number of rotatable bonds is 3. The number of halogens is 4. The normalized spacial score (nSPS) is 19.6. The molecule has 0 aliphatic carbocycles. The number of anilines is 1. The number of carboxylic acid groups (broad SMARTS) is 1. The summed E-state index contributed by atoms with van der Waals surface area (Å²) in [5.41, 5.74) is -1.94. The van der Waals surface area contributed by atoms with Gasteiger partial charge in [-0.1, -0.05) is 0 Å². The second kappa shape index (κ2) is 8.35. The van der Waals surface area contributed by atoms with Crippen LogP contribution in [0, 0.1) is 24.4 Å². The van der Waals surface area contributed by atoms with Crippen molar-refractivity contribution in [2.24, 2.45) is 0 Å². The summed E-state index contributed by atoms with van der Waals surface area (Å²) in [4.78, 5) is 30.8. The molecule has 7 nitrogen and oxygen atoms in total. The molecule has 11 heteroatoms. The lowest BCUT2D eigenvalue weighted by atomic mass is 9.93. The van der Waals surface area contributed by atoms with Crippen LogP contribution in [-0.2, 0) is 0 Å². The van der Waals surface area contributed by atoms with Crippen molar-refractivity contribution >= 4 is 35.2 Å². The number of benzene rings is 1. The van der Waals surface area contributed by atoms with E-state index < -0.39 is 34.4 Å². The number of hydrogen-bond acceptors (Lipinski definition) is 5. The largest absolute Gasteiger partial charge is 0.477 e. The molecule has 33 heavy (non-hydrogen) atoms. The molecule has 5 heterocycles. The van der Waals surface area contributed by atoms with E-state index in [2.05, 4.69) is 10.3 Å². The third kappa shape index (κ3) is 3.63. The molecular weight excluding hydrogens is 461 g/mol. The first-order valence-corrected chi connectivity index (χ1v) is 10.2. The highest BCUT2D eigenvalue weighted by atomic mass is 35.5. The highest BCUT2D eigenvalue weighted by molar-refractivity contribution is 5.94. The minimum Gasteiger partial charge on any atom is -0.477 e. The summed E-state index contributed by atoms with van der Waals surface area (Å²) >= 11 is 0. The Morgan fingerprint density at radius 3 is 2.58 bits per heavy atom. The molecule has 0 spiro atoms. The van der Waals surface area contributed by atoms with Crippen LogP contribution in [0.3, 0.4) is 0 Å². The zero-order valence-electron chi connectivity index (χ0n) is 17.4. The Bertz CT molecular complexity index is 1340. The Morgan fingerprint density at radius 2 is 2.00 bits per heavy atom. The highest BCUT2D eigenvalue weighted by Gasteiger charge is 2.36. The molecule has 2 unspecified atom stereocenters. The first kappa shape index (κ1) is 23.1. The van der Waals surface area contributed by atoms with Gasteiger partial charge in [-0.05, 0) is 31.9 Å². The van der Waals surface area contributed by atoms with Gasteiger partial charge >= 0.3 is 5.97 Å². The Kier molecular flexibility index (Phi) is 5.83. The number of hydrogen-bond donors (Lipinski definition) is 2. The van der Waals surface area contributed by atoms with Gasteiger partial charge in [-0.2, -0.15) is 0 Å². The summed E-state index contributed by atoms with van der Waals surface area (Å²) < 4.78 is 44.7. The fourth-order valence-corrected chi connectivity index (χ4v) is 4.65. The summed E-state index contributed by atoms with van der Waals surface area (Å²) in [6, 6.07) is 2.97. The number of pyridine rings is 2. The van der Waals surface area contributed by atoms with Crippen LogP contribution in [0.4, 0.5) is 19.0 Å². The lowest BCUT2D eigenvalue weighted by molar-refractivity contribution is 0.0695. The highest BCUT2D eigenvalue weighted by Crippen LogP contribution is 2.33. The van der Waals surface area contributed by atoms with Gasteiger partial charge in [0.1, 0.15) is 17.2 Å². The maximum atomic E-state index is 15.5. The van der Waals surface area contributed by atoms with E-state index in [-0.39, 0.29) is 52.6 Å². The molecule has 3 aliphatic heterocycles. The summed E-state index contributed by atoms with van der Waals surface area (Å²) in [6.07, 6.45) is 2.76. The smallest absolute Gasteiger partial charge is 0.341 e. The van der Waals surface area contributed by atoms with Crippen molar-refractivity contribution < 1.29 is 23.1 Å². The average molecular weight is 481 g/mol. The van der Waals surface area contributed by atoms with Crippen LogP contribution in [0.25, 0.3) is 16.7 Å². The van der Waals surface area contributed by atoms with Gasteiger partial charge in [0.25, 0.3) is 0 Å². The van der Waals surface area contributed by atoms with E-state index in [0.29, 0.717) is 19.2 Å². The summed E-state index contributed by atoms with van der Waals surface area (Å²) in [5, 5.41) is 12.6. The standard InChI is InChI=1S/C22H19F3N4O3.ClH/c1-10-17-19(30)14(22(31)32)9-29(16-5-2-11(23)6-15(16)24)20(17)27-21(18(10)25)28-8-12-3-4-13(28)7-26-12;/h2,5-6,9,12-13,26H,3-4,7-8H2,1H3,(H,31,32);1H. The second-order valence-electron chi connectivity index (χ2n) is 8.20. The molecule has 174 valence electrons. The van der Waals surface area contributed by atoms with Crippen molar-refractivity contribution in [1.82, 2.24) is 14.9 Å². The van der Waals surface area contributed by atoms with Gasteiger partial charge in [0.15, 0.2) is 17.3 Å².